The number of amides is 1. The van der Waals surface area contributed by atoms with E-state index in [1.165, 1.54) is 0 Å². The van der Waals surface area contributed by atoms with E-state index in [9.17, 15) is 4.79 Å². The average Bonchev–Trinajstić information content (AvgIpc) is 2.41. The van der Waals surface area contributed by atoms with Crippen LogP contribution in [0, 0.1) is 0 Å². The summed E-state index contributed by atoms with van der Waals surface area (Å²) in [6.07, 6.45) is 3.92. The summed E-state index contributed by atoms with van der Waals surface area (Å²) in [5, 5.41) is 7.36. The lowest BCUT2D eigenvalue weighted by Crippen LogP contribution is -2.50. The van der Waals surface area contributed by atoms with Crippen molar-refractivity contribution in [3.63, 3.8) is 0 Å². The Kier molecular flexibility index (Phi) is 5.91. The number of hydrogen-bond donors (Lipinski definition) is 2. The maximum atomic E-state index is 12.6. The number of nitrogens with one attached hydrogen (secondary N) is 2. The molecule has 1 fully saturated rings. The Labute approximate surface area is 136 Å². The molecule has 5 heteroatoms. The molecule has 0 heterocycles. The normalized spacial score (nSPS) is 16.3. The number of hydrogen-bond acceptors (Lipinski definition) is 2. The van der Waals surface area contributed by atoms with Gasteiger partial charge in [-0.05, 0) is 43.5 Å². The molecule has 1 amide bonds. The summed E-state index contributed by atoms with van der Waals surface area (Å²) in [6.45, 7) is 4.56. The van der Waals surface area contributed by atoms with Gasteiger partial charge in [0, 0.05) is 13.1 Å². The van der Waals surface area contributed by atoms with Crippen LogP contribution in [0.25, 0.3) is 0 Å². The molecule has 1 aromatic rings. The molecule has 0 radical (unpaired) electrons. The zero-order valence-corrected chi connectivity index (χ0v) is 13.9. The van der Waals surface area contributed by atoms with Crippen LogP contribution in [0.2, 0.25) is 10.0 Å². The van der Waals surface area contributed by atoms with Crippen molar-refractivity contribution in [1.82, 2.24) is 10.6 Å². The van der Waals surface area contributed by atoms with E-state index in [1.807, 2.05) is 12.1 Å². The van der Waals surface area contributed by atoms with Crippen LogP contribution in [-0.2, 0) is 10.2 Å². The number of halogens is 2. The average molecular weight is 329 g/mol. The van der Waals surface area contributed by atoms with Gasteiger partial charge in [0.15, 0.2) is 0 Å². The first-order valence-electron chi connectivity index (χ1n) is 7.54. The molecule has 1 aromatic carbocycles. The first kappa shape index (κ1) is 16.6. The predicted molar refractivity (Wildman–Crippen MR) is 88.2 cm³/mol. The molecular weight excluding hydrogens is 307 g/mol. The highest BCUT2D eigenvalue weighted by Gasteiger charge is 2.45. The molecule has 0 atom stereocenters. The van der Waals surface area contributed by atoms with Gasteiger partial charge in [0.05, 0.1) is 15.5 Å². The van der Waals surface area contributed by atoms with E-state index in [2.05, 4.69) is 17.6 Å². The molecule has 0 unspecified atom stereocenters. The van der Waals surface area contributed by atoms with Crippen LogP contribution in [0.3, 0.4) is 0 Å². The van der Waals surface area contributed by atoms with Gasteiger partial charge in [-0.1, -0.05) is 42.6 Å². The molecule has 0 aliphatic heterocycles. The van der Waals surface area contributed by atoms with E-state index >= 15 is 0 Å². The van der Waals surface area contributed by atoms with Gasteiger partial charge in [0.25, 0.3) is 0 Å². The van der Waals surface area contributed by atoms with E-state index in [0.717, 1.165) is 44.3 Å². The Morgan fingerprint density at radius 2 is 1.95 bits per heavy atom. The minimum atomic E-state index is -0.418. The third kappa shape index (κ3) is 3.71. The van der Waals surface area contributed by atoms with Gasteiger partial charge < -0.3 is 10.6 Å². The number of carbonyl (C=O) groups is 1. The molecule has 116 valence electrons. The highest BCUT2D eigenvalue weighted by molar-refractivity contribution is 6.42. The molecule has 1 saturated carbocycles. The van der Waals surface area contributed by atoms with E-state index in [-0.39, 0.29) is 5.91 Å². The van der Waals surface area contributed by atoms with Gasteiger partial charge in [0.2, 0.25) is 5.91 Å². The van der Waals surface area contributed by atoms with Gasteiger partial charge in [-0.3, -0.25) is 4.79 Å². The third-order valence-corrected chi connectivity index (χ3v) is 4.87. The third-order valence-electron chi connectivity index (χ3n) is 4.13. The summed E-state index contributed by atoms with van der Waals surface area (Å²) in [5.74, 6) is 0.102. The molecule has 0 saturated heterocycles. The molecule has 3 nitrogen and oxygen atoms in total. The molecular formula is C16H22Cl2N2O. The van der Waals surface area contributed by atoms with E-state index in [0.29, 0.717) is 16.6 Å². The molecule has 0 bridgehead atoms. The molecule has 0 spiro atoms. The van der Waals surface area contributed by atoms with Gasteiger partial charge in [-0.15, -0.1) is 0 Å². The topological polar surface area (TPSA) is 41.1 Å². The minimum Gasteiger partial charge on any atom is -0.354 e. The van der Waals surface area contributed by atoms with Crippen molar-refractivity contribution in [3.8, 4) is 0 Å². The van der Waals surface area contributed by atoms with Crippen molar-refractivity contribution < 1.29 is 4.79 Å². The van der Waals surface area contributed by atoms with E-state index in [4.69, 9.17) is 23.2 Å². The largest absolute Gasteiger partial charge is 0.354 e. The van der Waals surface area contributed by atoms with Gasteiger partial charge >= 0.3 is 0 Å². The van der Waals surface area contributed by atoms with Crippen molar-refractivity contribution in [1.29, 1.82) is 0 Å². The number of rotatable bonds is 7. The summed E-state index contributed by atoms with van der Waals surface area (Å²) in [7, 11) is 0. The highest BCUT2D eigenvalue weighted by Crippen LogP contribution is 2.45. The van der Waals surface area contributed by atoms with Crippen LogP contribution in [0.1, 0.15) is 38.2 Å². The number of benzene rings is 1. The Hall–Kier alpha value is -0.770. The Morgan fingerprint density at radius 1 is 1.19 bits per heavy atom. The number of carbonyl (C=O) groups excluding carboxylic acids is 1. The second-order valence-corrected chi connectivity index (χ2v) is 6.38. The second-order valence-electron chi connectivity index (χ2n) is 5.57. The molecule has 2 rings (SSSR count). The van der Waals surface area contributed by atoms with Crippen LogP contribution < -0.4 is 10.6 Å². The summed E-state index contributed by atoms with van der Waals surface area (Å²) in [6, 6.07) is 5.52. The fourth-order valence-electron chi connectivity index (χ4n) is 2.71. The zero-order chi connectivity index (χ0) is 15.3. The van der Waals surface area contributed by atoms with Crippen LogP contribution in [0.4, 0.5) is 0 Å². The van der Waals surface area contributed by atoms with Gasteiger partial charge in [-0.2, -0.15) is 0 Å². The lowest BCUT2D eigenvalue weighted by molar-refractivity contribution is -0.129. The lowest BCUT2D eigenvalue weighted by atomic mass is 9.64. The Morgan fingerprint density at radius 3 is 2.52 bits per heavy atom. The standard InChI is InChI=1S/C16H22Cl2N2O/c1-2-8-19-9-10-20-15(21)16(6-3-7-16)12-4-5-13(17)14(18)11-12/h4-5,11,19H,2-3,6-10H2,1H3,(H,20,21). The summed E-state index contributed by atoms with van der Waals surface area (Å²) < 4.78 is 0. The molecule has 0 aromatic heterocycles. The molecule has 2 N–H and O–H groups in total. The first-order valence-corrected chi connectivity index (χ1v) is 8.30. The Bertz CT molecular complexity index is 501. The van der Waals surface area contributed by atoms with Gasteiger partial charge in [-0.25, -0.2) is 0 Å². The monoisotopic (exact) mass is 328 g/mol. The summed E-state index contributed by atoms with van der Waals surface area (Å²) in [4.78, 5) is 12.6. The first-order chi connectivity index (χ1) is 10.1. The van der Waals surface area contributed by atoms with Crippen molar-refractivity contribution in [2.24, 2.45) is 0 Å². The van der Waals surface area contributed by atoms with Crippen molar-refractivity contribution in [3.05, 3.63) is 33.8 Å². The van der Waals surface area contributed by atoms with E-state index < -0.39 is 5.41 Å². The van der Waals surface area contributed by atoms with Gasteiger partial charge in [0.1, 0.15) is 0 Å². The summed E-state index contributed by atoms with van der Waals surface area (Å²) >= 11 is 12.1. The molecule has 1 aliphatic carbocycles. The fraction of sp³-hybridized carbons (Fsp3) is 0.562. The molecule has 1 aliphatic rings. The quantitative estimate of drug-likeness (QED) is 0.752. The zero-order valence-electron chi connectivity index (χ0n) is 12.3. The van der Waals surface area contributed by atoms with Crippen LogP contribution in [0.5, 0.6) is 0 Å². The smallest absolute Gasteiger partial charge is 0.230 e. The van der Waals surface area contributed by atoms with Crippen molar-refractivity contribution >= 4 is 29.1 Å². The fourth-order valence-corrected chi connectivity index (χ4v) is 3.00. The van der Waals surface area contributed by atoms with E-state index in [1.54, 1.807) is 6.07 Å². The van der Waals surface area contributed by atoms with Crippen LogP contribution >= 0.6 is 23.2 Å². The van der Waals surface area contributed by atoms with Crippen molar-refractivity contribution in [2.45, 2.75) is 38.0 Å². The second kappa shape index (κ2) is 7.48. The lowest BCUT2D eigenvalue weighted by Gasteiger charge is -2.41. The van der Waals surface area contributed by atoms with Crippen LogP contribution in [0.15, 0.2) is 18.2 Å². The Balaban J connectivity index is 2.00. The summed E-state index contributed by atoms with van der Waals surface area (Å²) in [5.41, 5.74) is 0.557. The minimum absolute atomic E-state index is 0.102. The predicted octanol–water partition coefficient (Wildman–Crippen LogP) is 3.53. The maximum Gasteiger partial charge on any atom is 0.230 e. The highest BCUT2D eigenvalue weighted by atomic mass is 35.5. The molecule has 21 heavy (non-hydrogen) atoms. The van der Waals surface area contributed by atoms with Crippen LogP contribution in [-0.4, -0.2) is 25.5 Å². The maximum absolute atomic E-state index is 12.6. The van der Waals surface area contributed by atoms with Crippen molar-refractivity contribution in [2.75, 3.05) is 19.6 Å². The SMILES string of the molecule is CCCNCCNC(=O)C1(c2ccc(Cl)c(Cl)c2)CCC1.